The van der Waals surface area contributed by atoms with Crippen LogP contribution in [0.15, 0.2) is 108 Å². The second-order valence-electron chi connectivity index (χ2n) is 10.9. The van der Waals surface area contributed by atoms with E-state index in [1.165, 1.54) is 17.0 Å². The highest BCUT2D eigenvalue weighted by atomic mass is 35.5. The fourth-order valence-corrected chi connectivity index (χ4v) is 6.90. The molecule has 0 saturated carbocycles. The van der Waals surface area contributed by atoms with Gasteiger partial charge in [0.05, 0.1) is 17.2 Å². The highest BCUT2D eigenvalue weighted by molar-refractivity contribution is 7.92. The van der Waals surface area contributed by atoms with Crippen LogP contribution in [0.25, 0.3) is 0 Å². The van der Waals surface area contributed by atoms with Crippen molar-refractivity contribution in [3.8, 4) is 5.75 Å². The average Bonchev–Trinajstić information content (AvgIpc) is 3.07. The van der Waals surface area contributed by atoms with Crippen molar-refractivity contribution < 1.29 is 22.7 Å². The van der Waals surface area contributed by atoms with Crippen LogP contribution in [0, 0.1) is 0 Å². The molecule has 0 aliphatic rings. The van der Waals surface area contributed by atoms with E-state index >= 15 is 0 Å². The molecular weight excluding hydrogens is 657 g/mol. The Morgan fingerprint density at radius 1 is 0.872 bits per heavy atom. The fourth-order valence-electron chi connectivity index (χ4n) is 5.02. The van der Waals surface area contributed by atoms with Crippen molar-refractivity contribution in [3.05, 3.63) is 124 Å². The Morgan fingerprint density at radius 3 is 2.15 bits per heavy atom. The molecular formula is C36H39Cl2N3O5S. The van der Waals surface area contributed by atoms with Gasteiger partial charge in [-0.2, -0.15) is 0 Å². The van der Waals surface area contributed by atoms with Gasteiger partial charge in [-0.05, 0) is 73.0 Å². The van der Waals surface area contributed by atoms with E-state index in [0.717, 1.165) is 22.7 Å². The zero-order valence-electron chi connectivity index (χ0n) is 26.4. The van der Waals surface area contributed by atoms with Crippen LogP contribution >= 0.6 is 23.2 Å². The number of hydrogen-bond donors (Lipinski definition) is 1. The summed E-state index contributed by atoms with van der Waals surface area (Å²) in [5, 5.41) is 3.72. The molecule has 8 nitrogen and oxygen atoms in total. The van der Waals surface area contributed by atoms with E-state index in [0.29, 0.717) is 40.2 Å². The summed E-state index contributed by atoms with van der Waals surface area (Å²) in [5.41, 5.74) is 1.70. The molecule has 0 bridgehead atoms. The minimum atomic E-state index is -4.24. The van der Waals surface area contributed by atoms with Crippen molar-refractivity contribution in [2.24, 2.45) is 0 Å². The van der Waals surface area contributed by atoms with Gasteiger partial charge in [0.1, 0.15) is 18.3 Å². The highest BCUT2D eigenvalue weighted by Crippen LogP contribution is 2.28. The summed E-state index contributed by atoms with van der Waals surface area (Å²) in [6.45, 7) is 4.10. The first-order chi connectivity index (χ1) is 22.6. The van der Waals surface area contributed by atoms with Crippen LogP contribution in [0.3, 0.4) is 0 Å². The monoisotopic (exact) mass is 695 g/mol. The van der Waals surface area contributed by atoms with Crippen molar-refractivity contribution in [3.63, 3.8) is 0 Å². The maximum atomic E-state index is 14.5. The quantitative estimate of drug-likeness (QED) is 0.126. The Labute approximate surface area is 287 Å². The van der Waals surface area contributed by atoms with Gasteiger partial charge in [-0.1, -0.05) is 91.1 Å². The standard InChI is InChI=1S/C36H39Cl2N3O5S/c1-3-5-22-39-36(43)34(23-27-12-8-6-9-13-27)40(25-28-16-17-29(37)24-33(28)38)35(42)26-41(30-14-10-7-11-15-30)47(44,45)32-20-18-31(19-21-32)46-4-2/h6-21,24,34H,3-5,22-23,25-26H2,1-2H3,(H,39,43). The zero-order chi connectivity index (χ0) is 33.8. The Balaban J connectivity index is 1.78. The first kappa shape index (κ1) is 35.8. The van der Waals surface area contributed by atoms with E-state index in [-0.39, 0.29) is 23.8 Å². The molecule has 0 heterocycles. The summed E-state index contributed by atoms with van der Waals surface area (Å²) in [4.78, 5) is 29.8. The molecule has 47 heavy (non-hydrogen) atoms. The molecule has 2 amide bonds. The molecule has 0 spiro atoms. The van der Waals surface area contributed by atoms with Gasteiger partial charge in [0, 0.05) is 29.6 Å². The molecule has 0 aliphatic carbocycles. The smallest absolute Gasteiger partial charge is 0.264 e. The van der Waals surface area contributed by atoms with Gasteiger partial charge in [0.15, 0.2) is 0 Å². The van der Waals surface area contributed by atoms with Crippen LogP contribution in [-0.2, 0) is 32.6 Å². The van der Waals surface area contributed by atoms with E-state index in [1.807, 2.05) is 44.2 Å². The first-order valence-electron chi connectivity index (χ1n) is 15.5. The van der Waals surface area contributed by atoms with Gasteiger partial charge < -0.3 is 15.0 Å². The molecule has 1 atom stereocenters. The lowest BCUT2D eigenvalue weighted by Gasteiger charge is -2.34. The third kappa shape index (κ3) is 9.73. The summed E-state index contributed by atoms with van der Waals surface area (Å²) < 4.78 is 34.9. The number of carbonyl (C=O) groups is 2. The number of halogens is 2. The van der Waals surface area contributed by atoms with Crippen LogP contribution in [0.5, 0.6) is 5.75 Å². The van der Waals surface area contributed by atoms with Crippen molar-refractivity contribution in [2.75, 3.05) is 24.0 Å². The number of sulfonamides is 1. The van der Waals surface area contributed by atoms with E-state index in [1.54, 1.807) is 60.7 Å². The maximum absolute atomic E-state index is 14.5. The lowest BCUT2D eigenvalue weighted by Crippen LogP contribution is -2.53. The molecule has 0 aromatic heterocycles. The summed E-state index contributed by atoms with van der Waals surface area (Å²) in [5.74, 6) is -0.403. The number of nitrogens with one attached hydrogen (secondary N) is 1. The molecule has 4 aromatic rings. The molecule has 0 radical (unpaired) electrons. The van der Waals surface area contributed by atoms with Crippen molar-refractivity contribution >= 4 is 50.7 Å². The Bertz CT molecular complexity index is 1720. The van der Waals surface area contributed by atoms with Crippen molar-refractivity contribution in [1.29, 1.82) is 0 Å². The van der Waals surface area contributed by atoms with E-state index in [2.05, 4.69) is 5.32 Å². The van der Waals surface area contributed by atoms with Crippen molar-refractivity contribution in [1.82, 2.24) is 10.2 Å². The largest absolute Gasteiger partial charge is 0.494 e. The summed E-state index contributed by atoms with van der Waals surface area (Å²) in [6.07, 6.45) is 1.84. The average molecular weight is 697 g/mol. The predicted molar refractivity (Wildman–Crippen MR) is 187 cm³/mol. The van der Waals surface area contributed by atoms with E-state index in [4.69, 9.17) is 27.9 Å². The normalized spacial score (nSPS) is 11.8. The molecule has 1 unspecified atom stereocenters. The number of ether oxygens (including phenoxy) is 1. The van der Waals surface area contributed by atoms with Gasteiger partial charge in [-0.3, -0.25) is 13.9 Å². The topological polar surface area (TPSA) is 96.0 Å². The molecule has 0 fully saturated rings. The zero-order valence-corrected chi connectivity index (χ0v) is 28.8. The molecule has 11 heteroatoms. The third-order valence-corrected chi connectivity index (χ3v) is 9.88. The number of benzene rings is 4. The molecule has 0 saturated heterocycles. The summed E-state index contributed by atoms with van der Waals surface area (Å²) in [6, 6.07) is 27.8. The number of nitrogens with zero attached hydrogens (tertiary/aromatic N) is 2. The molecule has 4 rings (SSSR count). The van der Waals surface area contributed by atoms with Crippen LogP contribution in [0.1, 0.15) is 37.8 Å². The number of carbonyl (C=O) groups excluding carboxylic acids is 2. The van der Waals surface area contributed by atoms with Crippen molar-refractivity contribution in [2.45, 2.75) is 50.6 Å². The number of para-hydroxylation sites is 1. The maximum Gasteiger partial charge on any atom is 0.264 e. The molecule has 248 valence electrons. The van der Waals surface area contributed by atoms with Crippen LogP contribution in [0.4, 0.5) is 5.69 Å². The Hall–Kier alpha value is -4.05. The van der Waals surface area contributed by atoms with Crippen LogP contribution < -0.4 is 14.4 Å². The Morgan fingerprint density at radius 2 is 1.53 bits per heavy atom. The molecule has 0 aliphatic heterocycles. The number of hydrogen-bond acceptors (Lipinski definition) is 5. The van der Waals surface area contributed by atoms with Gasteiger partial charge in [0.25, 0.3) is 10.0 Å². The number of anilines is 1. The van der Waals surface area contributed by atoms with Crippen LogP contribution in [-0.4, -0.2) is 50.9 Å². The van der Waals surface area contributed by atoms with Crippen LogP contribution in [0.2, 0.25) is 10.0 Å². The summed E-state index contributed by atoms with van der Waals surface area (Å²) >= 11 is 12.7. The second-order valence-corrected chi connectivity index (χ2v) is 13.6. The highest BCUT2D eigenvalue weighted by Gasteiger charge is 2.35. The minimum Gasteiger partial charge on any atom is -0.494 e. The second kappa shape index (κ2) is 17.2. The lowest BCUT2D eigenvalue weighted by atomic mass is 10.0. The SMILES string of the molecule is CCCCNC(=O)C(Cc1ccccc1)N(Cc1ccc(Cl)cc1Cl)C(=O)CN(c1ccccc1)S(=O)(=O)c1ccc(OCC)cc1. The summed E-state index contributed by atoms with van der Waals surface area (Å²) in [7, 11) is -4.24. The fraction of sp³-hybridized carbons (Fsp3) is 0.278. The molecule has 4 aromatic carbocycles. The third-order valence-electron chi connectivity index (χ3n) is 7.50. The predicted octanol–water partition coefficient (Wildman–Crippen LogP) is 7.14. The lowest BCUT2D eigenvalue weighted by molar-refractivity contribution is -0.140. The van der Waals surface area contributed by atoms with E-state index < -0.39 is 28.5 Å². The van der Waals surface area contributed by atoms with Gasteiger partial charge in [-0.15, -0.1) is 0 Å². The van der Waals surface area contributed by atoms with E-state index in [9.17, 15) is 18.0 Å². The number of amides is 2. The Kier molecular flexibility index (Phi) is 13.1. The number of rotatable bonds is 16. The first-order valence-corrected chi connectivity index (χ1v) is 17.7. The van der Waals surface area contributed by atoms with Gasteiger partial charge in [-0.25, -0.2) is 8.42 Å². The molecule has 1 N–H and O–H groups in total. The van der Waals surface area contributed by atoms with Gasteiger partial charge in [0.2, 0.25) is 11.8 Å². The minimum absolute atomic E-state index is 0.0111. The van der Waals surface area contributed by atoms with Gasteiger partial charge >= 0.3 is 0 Å². The number of unbranched alkanes of at least 4 members (excludes halogenated alkanes) is 1.